The lowest BCUT2D eigenvalue weighted by atomic mass is 9.90. The van der Waals surface area contributed by atoms with Crippen LogP contribution in [0, 0.1) is 0 Å². The van der Waals surface area contributed by atoms with Gasteiger partial charge in [-0.3, -0.25) is 4.79 Å². The second-order valence-corrected chi connectivity index (χ2v) is 6.72. The second-order valence-electron chi connectivity index (χ2n) is 6.72. The first-order chi connectivity index (χ1) is 10.6. The van der Waals surface area contributed by atoms with Gasteiger partial charge in [-0.2, -0.15) is 0 Å². The minimum absolute atomic E-state index is 0.112. The van der Waals surface area contributed by atoms with Crippen LogP contribution in [0.5, 0.6) is 0 Å². The highest BCUT2D eigenvalue weighted by atomic mass is 16.3. The van der Waals surface area contributed by atoms with E-state index in [1.807, 2.05) is 22.6 Å². The van der Waals surface area contributed by atoms with Gasteiger partial charge >= 0.3 is 0 Å². The highest BCUT2D eigenvalue weighted by Gasteiger charge is 2.36. The average molecular weight is 306 g/mol. The van der Waals surface area contributed by atoms with Crippen LogP contribution in [0.4, 0.5) is 0 Å². The third-order valence-electron chi connectivity index (χ3n) is 5.05. The number of hydrogen-bond acceptors (Lipinski definition) is 4. The minimum Gasteiger partial charge on any atom is -0.388 e. The second kappa shape index (κ2) is 6.38. The Kier molecular flexibility index (Phi) is 4.49. The molecule has 0 aliphatic carbocycles. The molecule has 2 aliphatic rings. The van der Waals surface area contributed by atoms with Crippen molar-refractivity contribution in [2.45, 2.75) is 44.2 Å². The van der Waals surface area contributed by atoms with Crippen molar-refractivity contribution in [2.24, 2.45) is 0 Å². The number of likely N-dealkylation sites (tertiary alicyclic amines) is 2. The number of rotatable bonds is 4. The van der Waals surface area contributed by atoms with Crippen LogP contribution in [0.25, 0.3) is 0 Å². The van der Waals surface area contributed by atoms with Crippen LogP contribution in [0.1, 0.15) is 38.6 Å². The fourth-order valence-electron chi connectivity index (χ4n) is 3.55. The number of piperidine rings is 1. The Hall–Kier alpha value is -1.40. The summed E-state index contributed by atoms with van der Waals surface area (Å²) in [5, 5.41) is 10.8. The van der Waals surface area contributed by atoms with Crippen molar-refractivity contribution in [1.82, 2.24) is 19.4 Å². The standard InChI is InChI=1S/C16H26N4O2/c1-14(20-11-6-17-13-20)15(21)19-9-4-16(22,5-10-19)12-18-7-2-3-8-18/h6,11,13-14,22H,2-5,7-10,12H2,1H3. The van der Waals surface area contributed by atoms with E-state index in [9.17, 15) is 9.90 Å². The van der Waals surface area contributed by atoms with E-state index < -0.39 is 5.60 Å². The first-order valence-electron chi connectivity index (χ1n) is 8.28. The summed E-state index contributed by atoms with van der Waals surface area (Å²) in [5.74, 6) is 0.112. The molecule has 0 radical (unpaired) electrons. The summed E-state index contributed by atoms with van der Waals surface area (Å²) in [6, 6.07) is -0.229. The van der Waals surface area contributed by atoms with E-state index in [2.05, 4.69) is 9.88 Å². The number of aliphatic hydroxyl groups is 1. The predicted molar refractivity (Wildman–Crippen MR) is 83.4 cm³/mol. The maximum absolute atomic E-state index is 12.5. The summed E-state index contributed by atoms with van der Waals surface area (Å²) in [7, 11) is 0. The number of β-amino-alcohol motifs (C(OH)–C–C–N with tert-alkyl or cyclic N) is 1. The summed E-state index contributed by atoms with van der Waals surface area (Å²) in [4.78, 5) is 20.8. The third-order valence-corrected chi connectivity index (χ3v) is 5.05. The molecule has 1 N–H and O–H groups in total. The molecular formula is C16H26N4O2. The molecule has 1 atom stereocenters. The van der Waals surface area contributed by atoms with E-state index in [0.29, 0.717) is 25.9 Å². The molecule has 6 heteroatoms. The smallest absolute Gasteiger partial charge is 0.245 e. The van der Waals surface area contributed by atoms with Gasteiger partial charge in [-0.05, 0) is 45.7 Å². The highest BCUT2D eigenvalue weighted by molar-refractivity contribution is 5.80. The van der Waals surface area contributed by atoms with Gasteiger partial charge in [-0.15, -0.1) is 0 Å². The van der Waals surface area contributed by atoms with Crippen LogP contribution in [-0.4, -0.2) is 68.7 Å². The van der Waals surface area contributed by atoms with Crippen molar-refractivity contribution in [3.8, 4) is 0 Å². The molecule has 3 heterocycles. The van der Waals surface area contributed by atoms with Crippen LogP contribution in [0.2, 0.25) is 0 Å². The molecule has 2 fully saturated rings. The first kappa shape index (κ1) is 15.5. The van der Waals surface area contributed by atoms with E-state index in [-0.39, 0.29) is 11.9 Å². The van der Waals surface area contributed by atoms with Crippen molar-refractivity contribution in [3.63, 3.8) is 0 Å². The molecule has 122 valence electrons. The lowest BCUT2D eigenvalue weighted by molar-refractivity contribution is -0.139. The molecule has 1 aromatic heterocycles. The van der Waals surface area contributed by atoms with Crippen LogP contribution in [-0.2, 0) is 4.79 Å². The number of imidazole rings is 1. The van der Waals surface area contributed by atoms with Gasteiger partial charge in [0, 0.05) is 32.0 Å². The fourth-order valence-corrected chi connectivity index (χ4v) is 3.55. The number of nitrogens with zero attached hydrogens (tertiary/aromatic N) is 4. The van der Waals surface area contributed by atoms with Gasteiger partial charge in [-0.1, -0.05) is 0 Å². The summed E-state index contributed by atoms with van der Waals surface area (Å²) in [5.41, 5.74) is -0.626. The number of aromatic nitrogens is 2. The average Bonchev–Trinajstić information content (AvgIpc) is 3.19. The van der Waals surface area contributed by atoms with E-state index in [4.69, 9.17) is 0 Å². The third kappa shape index (κ3) is 3.33. The number of carbonyl (C=O) groups excluding carboxylic acids is 1. The zero-order chi connectivity index (χ0) is 15.6. The Morgan fingerprint density at radius 3 is 2.55 bits per heavy atom. The topological polar surface area (TPSA) is 61.6 Å². The Morgan fingerprint density at radius 2 is 1.95 bits per heavy atom. The van der Waals surface area contributed by atoms with Gasteiger partial charge in [-0.25, -0.2) is 4.98 Å². The van der Waals surface area contributed by atoms with E-state index in [1.165, 1.54) is 12.8 Å². The highest BCUT2D eigenvalue weighted by Crippen LogP contribution is 2.26. The van der Waals surface area contributed by atoms with Gasteiger partial charge in [0.1, 0.15) is 6.04 Å². The molecule has 0 spiro atoms. The molecule has 1 amide bonds. The number of carbonyl (C=O) groups is 1. The Morgan fingerprint density at radius 1 is 1.27 bits per heavy atom. The van der Waals surface area contributed by atoms with Gasteiger partial charge in [0.15, 0.2) is 0 Å². The van der Waals surface area contributed by atoms with E-state index in [1.54, 1.807) is 12.5 Å². The molecular weight excluding hydrogens is 280 g/mol. The first-order valence-corrected chi connectivity index (χ1v) is 8.28. The molecule has 2 saturated heterocycles. The summed E-state index contributed by atoms with van der Waals surface area (Å²) in [6.45, 7) is 6.14. The zero-order valence-electron chi connectivity index (χ0n) is 13.3. The van der Waals surface area contributed by atoms with E-state index >= 15 is 0 Å². The molecule has 2 aliphatic heterocycles. The quantitative estimate of drug-likeness (QED) is 0.897. The SMILES string of the molecule is CC(C(=O)N1CCC(O)(CN2CCCC2)CC1)n1ccnc1. The maximum atomic E-state index is 12.5. The number of hydrogen-bond donors (Lipinski definition) is 1. The molecule has 6 nitrogen and oxygen atoms in total. The van der Waals surface area contributed by atoms with Gasteiger partial charge in [0.2, 0.25) is 5.91 Å². The normalized spacial score (nSPS) is 23.6. The predicted octanol–water partition coefficient (Wildman–Crippen LogP) is 0.893. The van der Waals surface area contributed by atoms with Crippen molar-refractivity contribution in [3.05, 3.63) is 18.7 Å². The van der Waals surface area contributed by atoms with Crippen molar-refractivity contribution in [1.29, 1.82) is 0 Å². The summed E-state index contributed by atoms with van der Waals surface area (Å²) >= 11 is 0. The molecule has 1 aromatic rings. The maximum Gasteiger partial charge on any atom is 0.245 e. The summed E-state index contributed by atoms with van der Waals surface area (Å²) < 4.78 is 1.83. The molecule has 22 heavy (non-hydrogen) atoms. The Labute approximate surface area is 131 Å². The molecule has 0 saturated carbocycles. The lowest BCUT2D eigenvalue weighted by Crippen LogP contribution is -2.52. The van der Waals surface area contributed by atoms with Crippen LogP contribution in [0.3, 0.4) is 0 Å². The van der Waals surface area contributed by atoms with Gasteiger partial charge < -0.3 is 19.5 Å². The van der Waals surface area contributed by atoms with E-state index in [0.717, 1.165) is 19.6 Å². The van der Waals surface area contributed by atoms with Crippen LogP contribution < -0.4 is 0 Å². The number of amides is 1. The Balaban J connectivity index is 1.53. The zero-order valence-corrected chi connectivity index (χ0v) is 13.3. The monoisotopic (exact) mass is 306 g/mol. The van der Waals surface area contributed by atoms with Crippen molar-refractivity contribution in [2.75, 3.05) is 32.7 Å². The lowest BCUT2D eigenvalue weighted by Gasteiger charge is -2.41. The summed E-state index contributed by atoms with van der Waals surface area (Å²) in [6.07, 6.45) is 9.01. The molecule has 1 unspecified atom stereocenters. The van der Waals surface area contributed by atoms with Gasteiger partial charge in [0.05, 0.1) is 11.9 Å². The van der Waals surface area contributed by atoms with Crippen molar-refractivity contribution >= 4 is 5.91 Å². The Bertz CT molecular complexity index is 488. The fraction of sp³-hybridized carbons (Fsp3) is 0.750. The molecule has 3 rings (SSSR count). The minimum atomic E-state index is -0.626. The molecule has 0 aromatic carbocycles. The van der Waals surface area contributed by atoms with Crippen molar-refractivity contribution < 1.29 is 9.90 Å². The largest absolute Gasteiger partial charge is 0.388 e. The van der Waals surface area contributed by atoms with Crippen LogP contribution in [0.15, 0.2) is 18.7 Å². The van der Waals surface area contributed by atoms with Gasteiger partial charge in [0.25, 0.3) is 0 Å². The molecule has 0 bridgehead atoms. The van der Waals surface area contributed by atoms with Crippen LogP contribution >= 0.6 is 0 Å².